The smallest absolute Gasteiger partial charge is 0.306 e. The number of likely N-dealkylation sites (tertiary alicyclic amines) is 1. The molecular weight excluding hydrogens is 192 g/mol. The summed E-state index contributed by atoms with van der Waals surface area (Å²) in [6, 6.07) is 1.20. The van der Waals surface area contributed by atoms with E-state index in [1.807, 2.05) is 0 Å². The lowest BCUT2D eigenvalue weighted by atomic mass is 10.0. The molecule has 0 aromatic heterocycles. The Morgan fingerprint density at radius 1 is 1.33 bits per heavy atom. The van der Waals surface area contributed by atoms with E-state index in [9.17, 15) is 4.79 Å². The van der Waals surface area contributed by atoms with Gasteiger partial charge < -0.3 is 10.0 Å². The van der Waals surface area contributed by atoms with Gasteiger partial charge in [0.05, 0.1) is 5.92 Å². The highest BCUT2D eigenvalue weighted by Crippen LogP contribution is 2.32. The summed E-state index contributed by atoms with van der Waals surface area (Å²) in [5.74, 6) is -0.699. The zero-order valence-corrected chi connectivity index (χ0v) is 9.52. The van der Waals surface area contributed by atoms with Gasteiger partial charge in [0.1, 0.15) is 0 Å². The highest BCUT2D eigenvalue weighted by Gasteiger charge is 2.39. The summed E-state index contributed by atoms with van der Waals surface area (Å²) in [6.07, 6.45) is 2.79. The van der Waals surface area contributed by atoms with Crippen molar-refractivity contribution in [2.24, 2.45) is 5.92 Å². The molecule has 4 heteroatoms. The molecule has 2 rings (SSSR count). The second-order valence-electron chi connectivity index (χ2n) is 5.07. The van der Waals surface area contributed by atoms with E-state index in [-0.39, 0.29) is 5.92 Å². The second kappa shape index (κ2) is 4.10. The maximum atomic E-state index is 10.8. The minimum absolute atomic E-state index is 0.0894. The molecule has 1 aliphatic carbocycles. The summed E-state index contributed by atoms with van der Waals surface area (Å²) in [6.45, 7) is 2.23. The Kier molecular flexibility index (Phi) is 2.98. The fraction of sp³-hybridized carbons (Fsp3) is 0.909. The van der Waals surface area contributed by atoms with Crippen molar-refractivity contribution in [3.63, 3.8) is 0 Å². The second-order valence-corrected chi connectivity index (χ2v) is 5.07. The fourth-order valence-electron chi connectivity index (χ4n) is 2.63. The molecule has 1 saturated heterocycles. The van der Waals surface area contributed by atoms with Gasteiger partial charge in [-0.15, -0.1) is 0 Å². The van der Waals surface area contributed by atoms with Crippen molar-refractivity contribution >= 4 is 5.97 Å². The van der Waals surface area contributed by atoms with Crippen LogP contribution in [0.5, 0.6) is 0 Å². The number of carboxylic acid groups (broad SMARTS) is 1. The third-order valence-corrected chi connectivity index (χ3v) is 3.89. The first-order valence-electron chi connectivity index (χ1n) is 5.71. The SMILES string of the molecule is CN(C)C1CN(C2CCC(C(=O)O)C2)C1. The quantitative estimate of drug-likeness (QED) is 0.739. The molecule has 0 amide bonds. The molecule has 0 spiro atoms. The average Bonchev–Trinajstić information content (AvgIpc) is 2.49. The van der Waals surface area contributed by atoms with Crippen LogP contribution in [0, 0.1) is 5.92 Å². The highest BCUT2D eigenvalue weighted by molar-refractivity contribution is 5.70. The molecule has 0 aromatic carbocycles. The molecule has 1 saturated carbocycles. The number of nitrogens with zero attached hydrogens (tertiary/aromatic N) is 2. The van der Waals surface area contributed by atoms with Crippen molar-refractivity contribution < 1.29 is 9.90 Å². The molecule has 2 aliphatic rings. The van der Waals surface area contributed by atoms with E-state index in [0.717, 1.165) is 32.4 Å². The molecule has 15 heavy (non-hydrogen) atoms. The zero-order chi connectivity index (χ0) is 11.0. The van der Waals surface area contributed by atoms with Gasteiger partial charge in [-0.05, 0) is 33.4 Å². The van der Waals surface area contributed by atoms with Crippen molar-refractivity contribution in [1.82, 2.24) is 9.80 Å². The van der Waals surface area contributed by atoms with E-state index in [0.29, 0.717) is 12.1 Å². The summed E-state index contributed by atoms with van der Waals surface area (Å²) in [4.78, 5) is 15.5. The molecular formula is C11H20N2O2. The minimum atomic E-state index is -0.609. The third kappa shape index (κ3) is 2.16. The summed E-state index contributed by atoms with van der Waals surface area (Å²) in [5, 5.41) is 8.92. The lowest BCUT2D eigenvalue weighted by Gasteiger charge is -2.46. The van der Waals surface area contributed by atoms with Crippen LogP contribution in [0.4, 0.5) is 0 Å². The van der Waals surface area contributed by atoms with Crippen LogP contribution in [-0.2, 0) is 4.79 Å². The number of hydrogen-bond acceptors (Lipinski definition) is 3. The van der Waals surface area contributed by atoms with Crippen LogP contribution in [0.3, 0.4) is 0 Å². The van der Waals surface area contributed by atoms with Crippen molar-refractivity contribution in [1.29, 1.82) is 0 Å². The Morgan fingerprint density at radius 2 is 2.00 bits per heavy atom. The Morgan fingerprint density at radius 3 is 2.47 bits per heavy atom. The predicted molar refractivity (Wildman–Crippen MR) is 57.8 cm³/mol. The fourth-order valence-corrected chi connectivity index (χ4v) is 2.63. The molecule has 86 valence electrons. The van der Waals surface area contributed by atoms with Crippen molar-refractivity contribution in [3.8, 4) is 0 Å². The molecule has 2 fully saturated rings. The number of likely N-dealkylation sites (N-methyl/N-ethyl adjacent to an activating group) is 1. The number of carbonyl (C=O) groups is 1. The lowest BCUT2D eigenvalue weighted by molar-refractivity contribution is -0.141. The van der Waals surface area contributed by atoms with Crippen LogP contribution in [0.1, 0.15) is 19.3 Å². The summed E-state index contributed by atoms with van der Waals surface area (Å²) >= 11 is 0. The largest absolute Gasteiger partial charge is 0.481 e. The van der Waals surface area contributed by atoms with Crippen LogP contribution in [0.25, 0.3) is 0 Å². The first-order chi connectivity index (χ1) is 7.08. The lowest BCUT2D eigenvalue weighted by Crippen LogP contribution is -2.60. The minimum Gasteiger partial charge on any atom is -0.481 e. The molecule has 1 N–H and O–H groups in total. The third-order valence-electron chi connectivity index (χ3n) is 3.89. The van der Waals surface area contributed by atoms with Crippen molar-refractivity contribution in [2.75, 3.05) is 27.2 Å². The van der Waals surface area contributed by atoms with E-state index in [1.165, 1.54) is 0 Å². The zero-order valence-electron chi connectivity index (χ0n) is 9.52. The summed E-state index contributed by atoms with van der Waals surface area (Å²) in [5.41, 5.74) is 0. The van der Waals surface area contributed by atoms with Gasteiger partial charge in [-0.25, -0.2) is 0 Å². The van der Waals surface area contributed by atoms with Gasteiger partial charge in [-0.2, -0.15) is 0 Å². The molecule has 1 heterocycles. The number of hydrogen-bond donors (Lipinski definition) is 1. The van der Waals surface area contributed by atoms with Crippen LogP contribution in [0.2, 0.25) is 0 Å². The summed E-state index contributed by atoms with van der Waals surface area (Å²) in [7, 11) is 4.22. The van der Waals surface area contributed by atoms with Crippen molar-refractivity contribution in [2.45, 2.75) is 31.3 Å². The van der Waals surface area contributed by atoms with Gasteiger partial charge in [-0.1, -0.05) is 0 Å². The maximum Gasteiger partial charge on any atom is 0.306 e. The molecule has 2 atom stereocenters. The summed E-state index contributed by atoms with van der Waals surface area (Å²) < 4.78 is 0. The predicted octanol–water partition coefficient (Wildman–Crippen LogP) is 0.485. The standard InChI is InChI=1S/C11H20N2O2/c1-12(2)10-6-13(7-10)9-4-3-8(5-9)11(14)15/h8-10H,3-7H2,1-2H3,(H,14,15). The first kappa shape index (κ1) is 10.9. The van der Waals surface area contributed by atoms with Crippen LogP contribution in [0.15, 0.2) is 0 Å². The number of aliphatic carboxylic acids is 1. The van der Waals surface area contributed by atoms with Crippen molar-refractivity contribution in [3.05, 3.63) is 0 Å². The van der Waals surface area contributed by atoms with E-state index < -0.39 is 5.97 Å². The van der Waals surface area contributed by atoms with Gasteiger partial charge in [0, 0.05) is 25.2 Å². The average molecular weight is 212 g/mol. The monoisotopic (exact) mass is 212 g/mol. The van der Waals surface area contributed by atoms with Gasteiger partial charge in [0.15, 0.2) is 0 Å². The maximum absolute atomic E-state index is 10.8. The van der Waals surface area contributed by atoms with Gasteiger partial charge in [0.25, 0.3) is 0 Å². The van der Waals surface area contributed by atoms with Crippen LogP contribution in [-0.4, -0.2) is 60.1 Å². The first-order valence-corrected chi connectivity index (χ1v) is 5.71. The van der Waals surface area contributed by atoms with E-state index in [1.54, 1.807) is 0 Å². The Labute approximate surface area is 90.9 Å². The van der Waals surface area contributed by atoms with Crippen LogP contribution >= 0.6 is 0 Å². The Balaban J connectivity index is 1.77. The van der Waals surface area contributed by atoms with Crippen LogP contribution < -0.4 is 0 Å². The van der Waals surface area contributed by atoms with E-state index in [4.69, 9.17) is 5.11 Å². The Bertz CT molecular complexity index is 249. The molecule has 0 aromatic rings. The number of rotatable bonds is 3. The molecule has 1 aliphatic heterocycles. The molecule has 4 nitrogen and oxygen atoms in total. The van der Waals surface area contributed by atoms with Gasteiger partial charge in [0.2, 0.25) is 0 Å². The molecule has 0 bridgehead atoms. The van der Waals surface area contributed by atoms with Gasteiger partial charge >= 0.3 is 5.97 Å². The van der Waals surface area contributed by atoms with E-state index in [2.05, 4.69) is 23.9 Å². The number of carboxylic acids is 1. The van der Waals surface area contributed by atoms with Gasteiger partial charge in [-0.3, -0.25) is 9.69 Å². The Hall–Kier alpha value is -0.610. The normalized spacial score (nSPS) is 33.3. The molecule has 2 unspecified atom stereocenters. The highest BCUT2D eigenvalue weighted by atomic mass is 16.4. The molecule has 0 radical (unpaired) electrons. The topological polar surface area (TPSA) is 43.8 Å². The van der Waals surface area contributed by atoms with E-state index >= 15 is 0 Å².